The van der Waals surface area contributed by atoms with Crippen LogP contribution in [0.4, 0.5) is 0 Å². The number of nitrogens with zero attached hydrogens (tertiary/aromatic N) is 7. The minimum absolute atomic E-state index is 0.334. The van der Waals surface area contributed by atoms with E-state index in [-0.39, 0.29) is 0 Å². The highest BCUT2D eigenvalue weighted by atomic mass is 16.5. The molecule has 0 bridgehead atoms. The van der Waals surface area contributed by atoms with Gasteiger partial charge in [-0.15, -0.1) is 10.2 Å². The van der Waals surface area contributed by atoms with Gasteiger partial charge in [-0.3, -0.25) is 0 Å². The summed E-state index contributed by atoms with van der Waals surface area (Å²) < 4.78 is 15.2. The summed E-state index contributed by atoms with van der Waals surface area (Å²) >= 11 is 0. The fourth-order valence-corrected chi connectivity index (χ4v) is 8.13. The van der Waals surface area contributed by atoms with Gasteiger partial charge in [-0.25, -0.2) is 14.3 Å². The van der Waals surface area contributed by atoms with E-state index in [0.717, 1.165) is 55.7 Å². The number of benzene rings is 3. The number of pyridine rings is 1. The molecule has 2 fully saturated rings. The first-order valence-corrected chi connectivity index (χ1v) is 19.8. The van der Waals surface area contributed by atoms with E-state index in [1.165, 1.54) is 0 Å². The lowest BCUT2D eigenvalue weighted by molar-refractivity contribution is -0.127. The Morgan fingerprint density at radius 2 is 1.10 bits per heavy atom. The number of aryl methyl sites for hydroxylation is 2. The molecule has 0 saturated heterocycles. The van der Waals surface area contributed by atoms with Crippen molar-refractivity contribution in [3.05, 3.63) is 90.5 Å². The molecule has 58 heavy (non-hydrogen) atoms. The summed E-state index contributed by atoms with van der Waals surface area (Å²) in [6, 6.07) is 20.2. The van der Waals surface area contributed by atoms with Crippen molar-refractivity contribution in [3.8, 4) is 22.6 Å². The quantitative estimate of drug-likeness (QED) is 0.0581. The lowest BCUT2D eigenvalue weighted by Gasteiger charge is -2.39. The van der Waals surface area contributed by atoms with Crippen molar-refractivity contribution in [1.82, 2.24) is 35.0 Å². The zero-order chi connectivity index (χ0) is 40.5. The number of nitrogens with two attached hydrogens (primary N) is 4. The molecule has 0 radical (unpaired) electrons. The number of hydrogen-bond donors (Lipinski definition) is 8. The number of aliphatic hydroxyl groups is 4. The lowest BCUT2D eigenvalue weighted by Crippen LogP contribution is -2.62. The molecule has 8 rings (SSSR count). The highest BCUT2D eigenvalue weighted by Crippen LogP contribution is 2.35. The first kappa shape index (κ1) is 40.0. The Morgan fingerprint density at radius 1 is 0.586 bits per heavy atom. The molecule has 0 unspecified atom stereocenters. The summed E-state index contributed by atoms with van der Waals surface area (Å²) in [4.78, 5) is 5.20. The molecule has 3 aromatic heterocycles. The number of rotatable bonds is 13. The molecule has 2 saturated carbocycles. The third-order valence-electron chi connectivity index (χ3n) is 11.4. The predicted octanol–water partition coefficient (Wildman–Crippen LogP) is 0.412. The average molecular weight is 794 g/mol. The Balaban J connectivity index is 0.965. The van der Waals surface area contributed by atoms with E-state index in [4.69, 9.17) is 37.4 Å². The second-order valence-corrected chi connectivity index (χ2v) is 15.5. The summed E-state index contributed by atoms with van der Waals surface area (Å²) in [7, 11) is 0. The monoisotopic (exact) mass is 793 g/mol. The number of aromatic nitrogens is 7. The van der Waals surface area contributed by atoms with Crippen molar-refractivity contribution in [1.29, 1.82) is 0 Å². The molecular formula is C41H51N11O6. The Kier molecular flexibility index (Phi) is 11.9. The summed E-state index contributed by atoms with van der Waals surface area (Å²) in [5, 5.41) is 61.6. The fraction of sp³-hybridized carbons (Fsp3) is 0.439. The predicted molar refractivity (Wildman–Crippen MR) is 216 cm³/mol. The van der Waals surface area contributed by atoms with Crippen LogP contribution in [0.1, 0.15) is 37.1 Å². The smallest absolute Gasteiger partial charge is 0.109 e. The van der Waals surface area contributed by atoms with Gasteiger partial charge >= 0.3 is 0 Å². The van der Waals surface area contributed by atoms with Gasteiger partial charge in [0.15, 0.2) is 0 Å². The van der Waals surface area contributed by atoms with Crippen LogP contribution in [0, 0.1) is 0 Å². The number of hydrogen-bond acceptors (Lipinski definition) is 15. The van der Waals surface area contributed by atoms with E-state index in [1.54, 1.807) is 9.36 Å². The van der Waals surface area contributed by atoms with Gasteiger partial charge in [-0.2, -0.15) is 0 Å². The minimum atomic E-state index is -1.13. The number of fused-ring (bicyclic) bond motifs is 3. The van der Waals surface area contributed by atoms with Crippen LogP contribution in [0.15, 0.2) is 79.1 Å². The zero-order valence-corrected chi connectivity index (χ0v) is 32.0. The van der Waals surface area contributed by atoms with E-state index < -0.39 is 60.8 Å². The normalized spacial score (nSPS) is 27.7. The van der Waals surface area contributed by atoms with Crippen LogP contribution in [0.25, 0.3) is 44.3 Å². The van der Waals surface area contributed by atoms with Gasteiger partial charge in [0.25, 0.3) is 0 Å². The van der Waals surface area contributed by atoms with Crippen molar-refractivity contribution in [2.24, 2.45) is 22.9 Å². The molecule has 2 aliphatic carbocycles. The summed E-state index contributed by atoms with van der Waals surface area (Å²) in [6.07, 6.45) is 1.22. The van der Waals surface area contributed by atoms with Crippen molar-refractivity contribution in [2.75, 3.05) is 13.2 Å². The molecule has 17 heteroatoms. The molecule has 10 atom stereocenters. The lowest BCUT2D eigenvalue weighted by atomic mass is 9.85. The van der Waals surface area contributed by atoms with Gasteiger partial charge in [0.2, 0.25) is 0 Å². The van der Waals surface area contributed by atoms with Gasteiger partial charge < -0.3 is 52.8 Å². The van der Waals surface area contributed by atoms with Gasteiger partial charge in [0.05, 0.1) is 58.6 Å². The SMILES string of the molecule is N[C@@H]1C[C@H](N)[C@@H](OCCCc2cn(-c3ccc4c(c3)nc(-c3ccccc3)c3cc(-n5cc(CCCO[C@H]6[C@H](O)[C@@H](O)[C@H](N)C[C@@H]6N)nn5)ccc34)nn2)[C@H](O)[C@H]1O. The molecule has 3 heterocycles. The third kappa shape index (κ3) is 8.23. The first-order chi connectivity index (χ1) is 28.0. The Bertz CT molecular complexity index is 2320. The maximum Gasteiger partial charge on any atom is 0.109 e. The molecule has 12 N–H and O–H groups in total. The second-order valence-electron chi connectivity index (χ2n) is 15.5. The van der Waals surface area contributed by atoms with Crippen molar-refractivity contribution in [3.63, 3.8) is 0 Å². The van der Waals surface area contributed by atoms with Gasteiger partial charge in [0, 0.05) is 53.7 Å². The topological polar surface area (TPSA) is 278 Å². The van der Waals surface area contributed by atoms with Crippen LogP contribution < -0.4 is 22.9 Å². The number of ether oxygens (including phenoxy) is 2. The largest absolute Gasteiger partial charge is 0.389 e. The Labute approximate surface area is 334 Å². The summed E-state index contributed by atoms with van der Waals surface area (Å²) in [5.74, 6) is 0. The van der Waals surface area contributed by atoms with E-state index in [0.29, 0.717) is 51.7 Å². The molecule has 306 valence electrons. The zero-order valence-electron chi connectivity index (χ0n) is 32.0. The van der Waals surface area contributed by atoms with Crippen molar-refractivity contribution < 1.29 is 29.9 Å². The molecular weight excluding hydrogens is 743 g/mol. The second kappa shape index (κ2) is 17.2. The van der Waals surface area contributed by atoms with Crippen LogP contribution in [-0.4, -0.2) is 129 Å². The molecule has 2 aliphatic rings. The van der Waals surface area contributed by atoms with Gasteiger partial charge in [-0.1, -0.05) is 52.9 Å². The van der Waals surface area contributed by atoms with Crippen LogP contribution in [-0.2, 0) is 22.3 Å². The Hall–Kier alpha value is -4.79. The van der Waals surface area contributed by atoms with E-state index in [2.05, 4.69) is 32.8 Å². The van der Waals surface area contributed by atoms with Gasteiger partial charge in [0.1, 0.15) is 24.4 Å². The first-order valence-electron chi connectivity index (χ1n) is 19.8. The standard InChI is InChI=1S/C41H51N11O6/c42-30-18-32(44)40(38(55)36(30)53)57-14-4-8-23-20-51(49-47-23)25-10-12-27-28-13-11-26(17-34(28)46-35(29(27)16-25)22-6-2-1-3-7-22)52-21-24(48-50-52)9-5-15-58-41-33(45)19-31(43)37(54)39(41)56/h1-3,6-7,10-13,16-17,20-21,30-33,36-41,53-56H,4-5,8-9,14-15,18-19,42-45H2/t30-,31-,32+,33+,36+,37+,38-,39-,40-,41-/m1/s1. The fourth-order valence-electron chi connectivity index (χ4n) is 8.13. The van der Waals surface area contributed by atoms with E-state index in [1.807, 2.05) is 67.0 Å². The molecule has 6 aromatic rings. The molecule has 0 amide bonds. The highest BCUT2D eigenvalue weighted by molar-refractivity contribution is 6.11. The third-order valence-corrected chi connectivity index (χ3v) is 11.4. The van der Waals surface area contributed by atoms with E-state index in [9.17, 15) is 20.4 Å². The summed E-state index contributed by atoms with van der Waals surface area (Å²) in [5.41, 5.74) is 29.8. The van der Waals surface area contributed by atoms with Crippen LogP contribution >= 0.6 is 0 Å². The van der Waals surface area contributed by atoms with Crippen molar-refractivity contribution in [2.45, 2.75) is 99.3 Å². The minimum Gasteiger partial charge on any atom is -0.389 e. The molecule has 0 aliphatic heterocycles. The van der Waals surface area contributed by atoms with E-state index >= 15 is 0 Å². The van der Waals surface area contributed by atoms with Crippen LogP contribution in [0.3, 0.4) is 0 Å². The highest BCUT2D eigenvalue weighted by Gasteiger charge is 2.42. The maximum atomic E-state index is 10.4. The average Bonchev–Trinajstić information content (AvgIpc) is 3.91. The van der Waals surface area contributed by atoms with Gasteiger partial charge in [-0.05, 0) is 68.2 Å². The summed E-state index contributed by atoms with van der Waals surface area (Å²) in [6.45, 7) is 0.669. The molecule has 0 spiro atoms. The maximum absolute atomic E-state index is 10.4. The van der Waals surface area contributed by atoms with Crippen LogP contribution in [0.5, 0.6) is 0 Å². The molecule has 17 nitrogen and oxygen atoms in total. The van der Waals surface area contributed by atoms with Crippen LogP contribution in [0.2, 0.25) is 0 Å². The van der Waals surface area contributed by atoms with Crippen molar-refractivity contribution >= 4 is 21.7 Å². The molecule has 3 aromatic carbocycles. The Morgan fingerprint density at radius 3 is 1.66 bits per heavy atom. The number of aliphatic hydroxyl groups excluding tert-OH is 4.